The van der Waals surface area contributed by atoms with E-state index in [4.69, 9.17) is 11.6 Å². The Bertz CT molecular complexity index is 602. The van der Waals surface area contributed by atoms with Crippen molar-refractivity contribution in [1.82, 2.24) is 4.98 Å². The number of nitrogens with one attached hydrogen (secondary N) is 1. The van der Waals surface area contributed by atoms with E-state index in [9.17, 15) is 13.2 Å². The zero-order valence-electron chi connectivity index (χ0n) is 11.0. The lowest BCUT2D eigenvalue weighted by atomic mass is 10.1. The summed E-state index contributed by atoms with van der Waals surface area (Å²) in [7, 11) is 0. The van der Waals surface area contributed by atoms with Gasteiger partial charge in [0.15, 0.2) is 0 Å². The molecule has 0 radical (unpaired) electrons. The van der Waals surface area contributed by atoms with Crippen LogP contribution in [0.3, 0.4) is 0 Å². The lowest BCUT2D eigenvalue weighted by molar-refractivity contribution is -0.274. The monoisotopic (exact) mass is 316 g/mol. The van der Waals surface area contributed by atoms with Crippen LogP contribution in [0.5, 0.6) is 5.75 Å². The van der Waals surface area contributed by atoms with Crippen LogP contribution in [-0.2, 0) is 0 Å². The molecule has 7 heteroatoms. The Morgan fingerprint density at radius 1 is 1.14 bits per heavy atom. The van der Waals surface area contributed by atoms with Crippen LogP contribution in [0.2, 0.25) is 5.15 Å². The Labute approximate surface area is 124 Å². The third kappa shape index (κ3) is 4.82. The van der Waals surface area contributed by atoms with Gasteiger partial charge >= 0.3 is 6.36 Å². The fourth-order valence-corrected chi connectivity index (χ4v) is 1.92. The first kappa shape index (κ1) is 15.4. The first-order valence-electron chi connectivity index (χ1n) is 6.08. The zero-order chi connectivity index (χ0) is 15.5. The van der Waals surface area contributed by atoms with Crippen LogP contribution >= 0.6 is 11.6 Å². The minimum Gasteiger partial charge on any atom is -0.406 e. The van der Waals surface area contributed by atoms with Crippen LogP contribution in [0.25, 0.3) is 0 Å². The van der Waals surface area contributed by atoms with Gasteiger partial charge in [-0.3, -0.25) is 0 Å². The second kappa shape index (κ2) is 6.22. The van der Waals surface area contributed by atoms with E-state index < -0.39 is 6.36 Å². The molecule has 1 atom stereocenters. The van der Waals surface area contributed by atoms with E-state index in [-0.39, 0.29) is 11.8 Å². The summed E-state index contributed by atoms with van der Waals surface area (Å²) in [6.45, 7) is 1.86. The standard InChI is InChI=1S/C14H12ClF3N2O/c1-9(19-13-4-2-3-12(15)20-13)10-5-7-11(8-6-10)21-14(16,17)18/h2-9H,1H3,(H,19,20). The van der Waals surface area contributed by atoms with Crippen LogP contribution in [0.1, 0.15) is 18.5 Å². The van der Waals surface area contributed by atoms with Gasteiger partial charge in [0.25, 0.3) is 0 Å². The Hall–Kier alpha value is -1.95. The van der Waals surface area contributed by atoms with Gasteiger partial charge in [0.05, 0.1) is 0 Å². The summed E-state index contributed by atoms with van der Waals surface area (Å²) in [5, 5.41) is 3.47. The largest absolute Gasteiger partial charge is 0.573 e. The number of ether oxygens (including phenoxy) is 1. The van der Waals surface area contributed by atoms with Gasteiger partial charge in [-0.25, -0.2) is 4.98 Å². The fraction of sp³-hybridized carbons (Fsp3) is 0.214. The quantitative estimate of drug-likeness (QED) is 0.822. The molecule has 1 heterocycles. The normalized spacial score (nSPS) is 12.8. The third-order valence-electron chi connectivity index (χ3n) is 2.69. The molecule has 2 rings (SSSR count). The molecule has 0 amide bonds. The van der Waals surface area contributed by atoms with Gasteiger partial charge in [-0.15, -0.1) is 13.2 Å². The van der Waals surface area contributed by atoms with E-state index in [1.54, 1.807) is 30.3 Å². The lowest BCUT2D eigenvalue weighted by Gasteiger charge is -2.16. The molecule has 112 valence electrons. The topological polar surface area (TPSA) is 34.2 Å². The highest BCUT2D eigenvalue weighted by atomic mass is 35.5. The van der Waals surface area contributed by atoms with Crippen molar-refractivity contribution >= 4 is 17.4 Å². The number of aromatic nitrogens is 1. The SMILES string of the molecule is CC(Nc1cccc(Cl)n1)c1ccc(OC(F)(F)F)cc1. The number of halogens is 4. The number of benzene rings is 1. The highest BCUT2D eigenvalue weighted by Gasteiger charge is 2.30. The van der Waals surface area contributed by atoms with E-state index in [0.717, 1.165) is 5.56 Å². The minimum absolute atomic E-state index is 0.143. The molecule has 1 N–H and O–H groups in total. The number of rotatable bonds is 4. The molecular weight excluding hydrogens is 305 g/mol. The van der Waals surface area contributed by atoms with Crippen LogP contribution in [-0.4, -0.2) is 11.3 Å². The van der Waals surface area contributed by atoms with E-state index in [2.05, 4.69) is 15.0 Å². The maximum Gasteiger partial charge on any atom is 0.573 e. The molecule has 0 aliphatic carbocycles. The summed E-state index contributed by atoms with van der Waals surface area (Å²) in [5.74, 6) is 0.338. The molecule has 0 aliphatic rings. The zero-order valence-corrected chi connectivity index (χ0v) is 11.7. The third-order valence-corrected chi connectivity index (χ3v) is 2.90. The maximum absolute atomic E-state index is 12.1. The second-order valence-corrected chi connectivity index (χ2v) is 4.72. The smallest absolute Gasteiger partial charge is 0.406 e. The van der Waals surface area contributed by atoms with Crippen molar-refractivity contribution in [1.29, 1.82) is 0 Å². The maximum atomic E-state index is 12.1. The molecule has 1 unspecified atom stereocenters. The Kier molecular flexibility index (Phi) is 4.57. The van der Waals surface area contributed by atoms with Crippen LogP contribution in [0.15, 0.2) is 42.5 Å². The van der Waals surface area contributed by atoms with Crippen molar-refractivity contribution in [3.63, 3.8) is 0 Å². The predicted octanol–water partition coefficient (Wildman–Crippen LogP) is 4.81. The van der Waals surface area contributed by atoms with Gasteiger partial charge in [-0.2, -0.15) is 0 Å². The van der Waals surface area contributed by atoms with Crippen LogP contribution < -0.4 is 10.1 Å². The molecule has 3 nitrogen and oxygen atoms in total. The first-order chi connectivity index (χ1) is 9.83. The predicted molar refractivity (Wildman–Crippen MR) is 74.4 cm³/mol. The van der Waals surface area contributed by atoms with E-state index in [0.29, 0.717) is 11.0 Å². The van der Waals surface area contributed by atoms with Gasteiger partial charge in [-0.05, 0) is 36.8 Å². The van der Waals surface area contributed by atoms with Gasteiger partial charge in [-0.1, -0.05) is 29.8 Å². The molecule has 0 spiro atoms. The van der Waals surface area contributed by atoms with Gasteiger partial charge < -0.3 is 10.1 Å². The van der Waals surface area contributed by atoms with E-state index in [1.807, 2.05) is 6.92 Å². The average Bonchev–Trinajstić information content (AvgIpc) is 2.37. The molecule has 0 saturated carbocycles. The average molecular weight is 317 g/mol. The Morgan fingerprint density at radius 3 is 2.38 bits per heavy atom. The summed E-state index contributed by atoms with van der Waals surface area (Å²) in [6.07, 6.45) is -4.68. The second-order valence-electron chi connectivity index (χ2n) is 4.33. The van der Waals surface area contributed by atoms with E-state index >= 15 is 0 Å². The van der Waals surface area contributed by atoms with Crippen LogP contribution in [0, 0.1) is 0 Å². The van der Waals surface area contributed by atoms with Gasteiger partial charge in [0, 0.05) is 6.04 Å². The van der Waals surface area contributed by atoms with Crippen molar-refractivity contribution in [2.45, 2.75) is 19.3 Å². The molecule has 1 aromatic heterocycles. The molecule has 0 aliphatic heterocycles. The van der Waals surface area contributed by atoms with Gasteiger partial charge in [0.1, 0.15) is 16.7 Å². The highest BCUT2D eigenvalue weighted by Crippen LogP contribution is 2.25. The Balaban J connectivity index is 2.04. The molecule has 0 saturated heterocycles. The number of anilines is 1. The highest BCUT2D eigenvalue weighted by molar-refractivity contribution is 6.29. The first-order valence-corrected chi connectivity index (χ1v) is 6.46. The summed E-state index contributed by atoms with van der Waals surface area (Å²) in [5.41, 5.74) is 0.798. The summed E-state index contributed by atoms with van der Waals surface area (Å²) in [4.78, 5) is 4.09. The summed E-state index contributed by atoms with van der Waals surface area (Å²) in [6, 6.07) is 10.7. The molecule has 1 aromatic carbocycles. The van der Waals surface area contributed by atoms with Crippen molar-refractivity contribution in [3.8, 4) is 5.75 Å². The fourth-order valence-electron chi connectivity index (χ4n) is 1.75. The van der Waals surface area contributed by atoms with Crippen LogP contribution in [0.4, 0.5) is 19.0 Å². The number of pyridine rings is 1. The van der Waals surface area contributed by atoms with Gasteiger partial charge in [0.2, 0.25) is 0 Å². The molecule has 0 bridgehead atoms. The molecule has 21 heavy (non-hydrogen) atoms. The van der Waals surface area contributed by atoms with Crippen molar-refractivity contribution in [3.05, 3.63) is 53.2 Å². The lowest BCUT2D eigenvalue weighted by Crippen LogP contribution is -2.17. The minimum atomic E-state index is -4.68. The number of alkyl halides is 3. The van der Waals surface area contributed by atoms with Crippen molar-refractivity contribution < 1.29 is 17.9 Å². The van der Waals surface area contributed by atoms with Crippen molar-refractivity contribution in [2.75, 3.05) is 5.32 Å². The van der Waals surface area contributed by atoms with E-state index in [1.165, 1.54) is 12.1 Å². The van der Waals surface area contributed by atoms with Crippen molar-refractivity contribution in [2.24, 2.45) is 0 Å². The molecule has 0 fully saturated rings. The number of hydrogen-bond acceptors (Lipinski definition) is 3. The number of hydrogen-bond donors (Lipinski definition) is 1. The number of nitrogens with zero attached hydrogens (tertiary/aromatic N) is 1. The molecular formula is C14H12ClF3N2O. The Morgan fingerprint density at radius 2 is 1.81 bits per heavy atom. The summed E-state index contributed by atoms with van der Waals surface area (Å²) >= 11 is 5.78. The molecule has 2 aromatic rings. The summed E-state index contributed by atoms with van der Waals surface area (Å²) < 4.78 is 40.0.